The summed E-state index contributed by atoms with van der Waals surface area (Å²) in [4.78, 5) is 25.9. The molecule has 1 aliphatic carbocycles. The highest BCUT2D eigenvalue weighted by molar-refractivity contribution is 5.97. The average Bonchev–Trinajstić information content (AvgIpc) is 2.93. The highest BCUT2D eigenvalue weighted by Gasteiger charge is 2.36. The van der Waals surface area contributed by atoms with Crippen molar-refractivity contribution in [1.82, 2.24) is 9.88 Å². The Morgan fingerprint density at radius 2 is 1.64 bits per heavy atom. The van der Waals surface area contributed by atoms with Crippen LogP contribution >= 0.6 is 0 Å². The number of anilines is 2. The number of hydrogen-bond donors (Lipinski definition) is 0. The largest absolute Gasteiger partial charge is 0.368 e. The van der Waals surface area contributed by atoms with Crippen LogP contribution < -0.4 is 9.80 Å². The Hall–Kier alpha value is -2.92. The number of rotatable bonds is 4. The van der Waals surface area contributed by atoms with Crippen LogP contribution in [0.3, 0.4) is 0 Å². The molecule has 5 heteroatoms. The third kappa shape index (κ3) is 4.61. The van der Waals surface area contributed by atoms with Gasteiger partial charge in [-0.05, 0) is 56.4 Å². The Kier molecular flexibility index (Phi) is 6.66. The summed E-state index contributed by atoms with van der Waals surface area (Å²) in [6.45, 7) is 7.13. The molecule has 0 spiro atoms. The van der Waals surface area contributed by atoms with Gasteiger partial charge < -0.3 is 9.80 Å². The Balaban J connectivity index is 1.18. The van der Waals surface area contributed by atoms with Crippen molar-refractivity contribution in [3.63, 3.8) is 0 Å². The first-order valence-corrected chi connectivity index (χ1v) is 13.9. The van der Waals surface area contributed by atoms with Gasteiger partial charge in [0.2, 0.25) is 5.91 Å². The van der Waals surface area contributed by atoms with E-state index >= 15 is 0 Å². The molecule has 2 aliphatic heterocycles. The zero-order valence-corrected chi connectivity index (χ0v) is 21.5. The molecular weight excluding hydrogens is 444 g/mol. The van der Waals surface area contributed by atoms with Gasteiger partial charge in [0.15, 0.2) is 0 Å². The highest BCUT2D eigenvalue weighted by Crippen LogP contribution is 2.35. The van der Waals surface area contributed by atoms with Crippen molar-refractivity contribution in [2.45, 2.75) is 57.9 Å². The molecule has 0 bridgehead atoms. The van der Waals surface area contributed by atoms with Gasteiger partial charge in [0.25, 0.3) is 0 Å². The van der Waals surface area contributed by atoms with Crippen molar-refractivity contribution in [1.29, 1.82) is 0 Å². The lowest BCUT2D eigenvalue weighted by Crippen LogP contribution is -2.55. The zero-order chi connectivity index (χ0) is 24.5. The van der Waals surface area contributed by atoms with Crippen LogP contribution in [0.5, 0.6) is 0 Å². The lowest BCUT2D eigenvalue weighted by Gasteiger charge is -2.44. The molecule has 1 amide bonds. The number of fused-ring (bicyclic) bond motifs is 2. The van der Waals surface area contributed by atoms with E-state index in [4.69, 9.17) is 4.98 Å². The third-order valence-electron chi connectivity index (χ3n) is 8.56. The summed E-state index contributed by atoms with van der Waals surface area (Å²) < 4.78 is 0. The van der Waals surface area contributed by atoms with Crippen LogP contribution in [0.2, 0.25) is 0 Å². The van der Waals surface area contributed by atoms with Crippen molar-refractivity contribution >= 4 is 28.2 Å². The molecule has 2 aromatic carbocycles. The summed E-state index contributed by atoms with van der Waals surface area (Å²) in [6.07, 6.45) is 7.91. The first kappa shape index (κ1) is 23.5. The van der Waals surface area contributed by atoms with Gasteiger partial charge in [0.05, 0.1) is 5.52 Å². The lowest BCUT2D eigenvalue weighted by molar-refractivity contribution is -0.124. The molecule has 188 valence electrons. The number of benzene rings is 2. The fraction of sp³-hybridized carbons (Fsp3) is 0.484. The summed E-state index contributed by atoms with van der Waals surface area (Å²) >= 11 is 0. The van der Waals surface area contributed by atoms with Crippen molar-refractivity contribution in [3.8, 4) is 0 Å². The van der Waals surface area contributed by atoms with Crippen LogP contribution in [0.4, 0.5) is 11.4 Å². The molecule has 6 rings (SSSR count). The summed E-state index contributed by atoms with van der Waals surface area (Å²) in [5, 5.41) is 1.24. The summed E-state index contributed by atoms with van der Waals surface area (Å²) in [7, 11) is 0. The molecule has 1 saturated heterocycles. The van der Waals surface area contributed by atoms with Gasteiger partial charge in [-0.3, -0.25) is 14.7 Å². The second-order valence-corrected chi connectivity index (χ2v) is 11.0. The van der Waals surface area contributed by atoms with Crippen LogP contribution in [-0.2, 0) is 11.2 Å². The Morgan fingerprint density at radius 3 is 2.47 bits per heavy atom. The number of carbonyl (C=O) groups excluding carboxylic acids is 1. The topological polar surface area (TPSA) is 39.7 Å². The summed E-state index contributed by atoms with van der Waals surface area (Å²) in [5.41, 5.74) is 5.96. The minimum absolute atomic E-state index is 0.201. The monoisotopic (exact) mass is 482 g/mol. The summed E-state index contributed by atoms with van der Waals surface area (Å²) in [6, 6.07) is 19.6. The minimum Gasteiger partial charge on any atom is -0.368 e. The predicted octanol–water partition coefficient (Wildman–Crippen LogP) is 5.59. The quantitative estimate of drug-likeness (QED) is 0.486. The average molecular weight is 483 g/mol. The van der Waals surface area contributed by atoms with E-state index in [1.807, 2.05) is 0 Å². The Bertz CT molecular complexity index is 1230. The van der Waals surface area contributed by atoms with Crippen LogP contribution in [0.25, 0.3) is 10.9 Å². The van der Waals surface area contributed by atoms with Crippen LogP contribution in [0.1, 0.15) is 49.8 Å². The second kappa shape index (κ2) is 10.2. The molecule has 1 unspecified atom stereocenters. The SMILES string of the molecule is Cc1cc(N2CCN(CC3CCc4ccccc4N3C(=O)C3CCCCC3)CC2)c2ccccc2n1. The molecule has 3 aromatic rings. The van der Waals surface area contributed by atoms with Gasteiger partial charge in [-0.2, -0.15) is 0 Å². The second-order valence-electron chi connectivity index (χ2n) is 11.0. The van der Waals surface area contributed by atoms with Crippen LogP contribution in [0.15, 0.2) is 54.6 Å². The van der Waals surface area contributed by atoms with Gasteiger partial charge >= 0.3 is 0 Å². The van der Waals surface area contributed by atoms with Gasteiger partial charge in [-0.1, -0.05) is 55.7 Å². The highest BCUT2D eigenvalue weighted by atomic mass is 16.2. The van der Waals surface area contributed by atoms with E-state index in [1.54, 1.807) is 0 Å². The number of nitrogens with zero attached hydrogens (tertiary/aromatic N) is 4. The van der Waals surface area contributed by atoms with E-state index in [-0.39, 0.29) is 12.0 Å². The van der Waals surface area contributed by atoms with Crippen molar-refractivity contribution in [3.05, 3.63) is 65.9 Å². The first-order chi connectivity index (χ1) is 17.7. The fourth-order valence-electron chi connectivity index (χ4n) is 6.64. The number of aromatic nitrogens is 1. The summed E-state index contributed by atoms with van der Waals surface area (Å²) in [5.74, 6) is 0.580. The molecule has 5 nitrogen and oxygen atoms in total. The maximum Gasteiger partial charge on any atom is 0.230 e. The Labute approximate surface area is 215 Å². The predicted molar refractivity (Wildman–Crippen MR) is 148 cm³/mol. The van der Waals surface area contributed by atoms with Gasteiger partial charge in [-0.15, -0.1) is 0 Å². The Morgan fingerprint density at radius 1 is 0.889 bits per heavy atom. The minimum atomic E-state index is 0.201. The normalized spacial score (nSPS) is 21.5. The van der Waals surface area contributed by atoms with Gasteiger partial charge in [0, 0.05) is 67.1 Å². The third-order valence-corrected chi connectivity index (χ3v) is 8.56. The first-order valence-electron chi connectivity index (χ1n) is 13.9. The molecule has 2 fully saturated rings. The lowest BCUT2D eigenvalue weighted by atomic mass is 9.86. The number of piperazine rings is 1. The number of carbonyl (C=O) groups is 1. The number of para-hydroxylation sites is 2. The molecule has 0 N–H and O–H groups in total. The molecule has 1 aromatic heterocycles. The van der Waals surface area contributed by atoms with E-state index in [2.05, 4.69) is 76.2 Å². The molecule has 36 heavy (non-hydrogen) atoms. The van der Waals surface area contributed by atoms with E-state index < -0.39 is 0 Å². The molecule has 1 atom stereocenters. The molecule has 0 radical (unpaired) electrons. The van der Waals surface area contributed by atoms with E-state index in [9.17, 15) is 4.79 Å². The van der Waals surface area contributed by atoms with Crippen molar-refractivity contribution < 1.29 is 4.79 Å². The fourth-order valence-corrected chi connectivity index (χ4v) is 6.64. The van der Waals surface area contributed by atoms with Gasteiger partial charge in [-0.25, -0.2) is 0 Å². The maximum atomic E-state index is 13.9. The molecule has 3 heterocycles. The van der Waals surface area contributed by atoms with Crippen molar-refractivity contribution in [2.24, 2.45) is 5.92 Å². The standard InChI is InChI=1S/C31H38N4O/c1-23-21-30(27-12-6-7-13-28(27)32-23)34-19-17-33(18-20-34)22-26-16-15-24-9-5-8-14-29(24)35(26)31(36)25-10-3-2-4-11-25/h5-9,12-14,21,25-26H,2-4,10-11,15-20,22H2,1H3. The van der Waals surface area contributed by atoms with Crippen LogP contribution in [0, 0.1) is 12.8 Å². The number of amides is 1. The van der Waals surface area contributed by atoms with E-state index in [1.165, 1.54) is 41.6 Å². The zero-order valence-electron chi connectivity index (χ0n) is 21.5. The molecule has 3 aliphatic rings. The molecule has 1 saturated carbocycles. The number of pyridine rings is 1. The smallest absolute Gasteiger partial charge is 0.230 e. The van der Waals surface area contributed by atoms with E-state index in [0.29, 0.717) is 5.91 Å². The van der Waals surface area contributed by atoms with Crippen molar-refractivity contribution in [2.75, 3.05) is 42.5 Å². The number of hydrogen-bond acceptors (Lipinski definition) is 4. The van der Waals surface area contributed by atoms with E-state index in [0.717, 1.165) is 69.6 Å². The number of aryl methyl sites for hydroxylation is 2. The van der Waals surface area contributed by atoms with Crippen LogP contribution in [-0.4, -0.2) is 54.6 Å². The molecular formula is C31H38N4O. The maximum absolute atomic E-state index is 13.9. The van der Waals surface area contributed by atoms with Gasteiger partial charge in [0.1, 0.15) is 0 Å².